The molecule has 1 aromatic carbocycles. The number of amides is 1. The zero-order valence-corrected chi connectivity index (χ0v) is 18.2. The Bertz CT molecular complexity index is 991. The number of fused-ring (bicyclic) bond motifs is 1. The van der Waals surface area contributed by atoms with Crippen molar-refractivity contribution in [2.45, 2.75) is 51.4 Å². The van der Waals surface area contributed by atoms with E-state index in [0.717, 1.165) is 22.7 Å². The molecular weight excluding hydrogens is 400 g/mol. The predicted octanol–water partition coefficient (Wildman–Crippen LogP) is 1.82. The number of methoxy groups -OCH3 is 1. The number of aryl methyl sites for hydroxylation is 1. The van der Waals surface area contributed by atoms with E-state index in [1.54, 1.807) is 13.8 Å². The molecule has 31 heavy (non-hydrogen) atoms. The Morgan fingerprint density at radius 2 is 1.97 bits per heavy atom. The molecule has 2 atom stereocenters. The summed E-state index contributed by atoms with van der Waals surface area (Å²) in [5.74, 6) is -1.60. The molecule has 1 aromatic heterocycles. The zero-order valence-electron chi connectivity index (χ0n) is 18.2. The lowest BCUT2D eigenvalue weighted by molar-refractivity contribution is -0.152. The van der Waals surface area contributed by atoms with Gasteiger partial charge in [0.1, 0.15) is 12.1 Å². The van der Waals surface area contributed by atoms with Gasteiger partial charge in [-0.25, -0.2) is 4.79 Å². The summed E-state index contributed by atoms with van der Waals surface area (Å²) in [5.41, 5.74) is 10.4. The van der Waals surface area contributed by atoms with Gasteiger partial charge in [-0.15, -0.1) is 0 Å². The van der Waals surface area contributed by atoms with Crippen LogP contribution in [0.5, 0.6) is 0 Å². The Labute approximate surface area is 180 Å². The Kier molecular flexibility index (Phi) is 8.66. The molecule has 0 aliphatic carbocycles. The van der Waals surface area contributed by atoms with E-state index < -0.39 is 29.8 Å². The maximum atomic E-state index is 12.9. The highest BCUT2D eigenvalue weighted by atomic mass is 16.5. The minimum atomic E-state index is -1.03. The topological polar surface area (TPSA) is 123 Å². The molecule has 0 aliphatic heterocycles. The first-order valence-corrected chi connectivity index (χ1v) is 10.0. The number of para-hydroxylation sites is 1. The highest BCUT2D eigenvalue weighted by molar-refractivity contribution is 6.25. The molecule has 2 aromatic rings. The van der Waals surface area contributed by atoms with Crippen LogP contribution < -0.4 is 5.32 Å². The van der Waals surface area contributed by atoms with Crippen LogP contribution in [0.2, 0.25) is 0 Å². The summed E-state index contributed by atoms with van der Waals surface area (Å²) in [6.45, 7) is 3.39. The van der Waals surface area contributed by atoms with Crippen LogP contribution >= 0.6 is 0 Å². The van der Waals surface area contributed by atoms with Gasteiger partial charge in [-0.05, 0) is 31.9 Å². The van der Waals surface area contributed by atoms with Crippen molar-refractivity contribution in [3.8, 4) is 0 Å². The van der Waals surface area contributed by atoms with Gasteiger partial charge in [-0.1, -0.05) is 18.2 Å². The van der Waals surface area contributed by atoms with Gasteiger partial charge in [-0.3, -0.25) is 9.59 Å². The van der Waals surface area contributed by atoms with E-state index in [-0.39, 0.29) is 18.9 Å². The third-order valence-electron chi connectivity index (χ3n) is 4.80. The fourth-order valence-electron chi connectivity index (χ4n) is 3.31. The van der Waals surface area contributed by atoms with Crippen molar-refractivity contribution in [2.24, 2.45) is 7.05 Å². The van der Waals surface area contributed by atoms with Gasteiger partial charge in [0.05, 0.1) is 6.10 Å². The van der Waals surface area contributed by atoms with Gasteiger partial charge in [0.2, 0.25) is 11.7 Å². The molecule has 9 heteroatoms. The molecule has 1 amide bonds. The summed E-state index contributed by atoms with van der Waals surface area (Å²) in [5, 5.41) is 3.66. The number of rotatable bonds is 11. The first-order chi connectivity index (χ1) is 14.8. The minimum Gasteiger partial charge on any atom is -0.461 e. The Morgan fingerprint density at radius 3 is 2.61 bits per heavy atom. The van der Waals surface area contributed by atoms with E-state index in [1.165, 1.54) is 7.11 Å². The lowest BCUT2D eigenvalue weighted by Gasteiger charge is -2.21. The molecule has 0 bridgehead atoms. The molecule has 0 saturated heterocycles. The summed E-state index contributed by atoms with van der Waals surface area (Å²) in [6.07, 6.45) is 1.71. The number of aromatic nitrogens is 1. The molecule has 0 fully saturated rings. The summed E-state index contributed by atoms with van der Waals surface area (Å²) in [7, 11) is 3.36. The number of carbonyl (C=O) groups is 3. The number of hydrogen-bond acceptors (Lipinski definition) is 5. The van der Waals surface area contributed by atoms with Gasteiger partial charge in [-0.2, -0.15) is 4.79 Å². The zero-order chi connectivity index (χ0) is 23.0. The predicted molar refractivity (Wildman–Crippen MR) is 115 cm³/mol. The van der Waals surface area contributed by atoms with Crippen molar-refractivity contribution in [3.63, 3.8) is 0 Å². The number of ether oxygens (including phenoxy) is 2. The van der Waals surface area contributed by atoms with Gasteiger partial charge >= 0.3 is 12.2 Å². The van der Waals surface area contributed by atoms with E-state index in [9.17, 15) is 14.4 Å². The van der Waals surface area contributed by atoms with Crippen LogP contribution in [0.15, 0.2) is 30.5 Å². The average molecular weight is 428 g/mol. The number of ketones is 1. The SMILES string of the molecule is CO[C@H](Cc1cn(C)c2ccccc12)C(=O)N[C@@H](CCC(=O)C=[N+]=[N-])C(=O)OC(C)C. The highest BCUT2D eigenvalue weighted by Gasteiger charge is 2.28. The molecule has 1 N–H and O–H groups in total. The van der Waals surface area contributed by atoms with Gasteiger partial charge in [0.25, 0.3) is 0 Å². The van der Waals surface area contributed by atoms with E-state index in [0.29, 0.717) is 6.42 Å². The molecule has 9 nitrogen and oxygen atoms in total. The van der Waals surface area contributed by atoms with Crippen LogP contribution in [-0.2, 0) is 37.3 Å². The van der Waals surface area contributed by atoms with Crippen LogP contribution in [0.1, 0.15) is 32.3 Å². The first-order valence-electron chi connectivity index (χ1n) is 10.0. The third-order valence-corrected chi connectivity index (χ3v) is 4.80. The van der Waals surface area contributed by atoms with E-state index in [4.69, 9.17) is 15.0 Å². The fraction of sp³-hybridized carbons (Fsp3) is 0.455. The second kappa shape index (κ2) is 11.2. The monoisotopic (exact) mass is 428 g/mol. The van der Waals surface area contributed by atoms with Gasteiger partial charge in [0, 0.05) is 44.1 Å². The van der Waals surface area contributed by atoms with Crippen molar-refractivity contribution in [2.75, 3.05) is 7.11 Å². The second-order valence-electron chi connectivity index (χ2n) is 7.51. The second-order valence-corrected chi connectivity index (χ2v) is 7.51. The Morgan fingerprint density at radius 1 is 1.26 bits per heavy atom. The van der Waals surface area contributed by atoms with Crippen LogP contribution in [0.4, 0.5) is 0 Å². The Balaban J connectivity index is 2.15. The summed E-state index contributed by atoms with van der Waals surface area (Å²) in [6, 6.07) is 6.81. The molecular formula is C22H28N4O5. The maximum absolute atomic E-state index is 12.9. The number of benzene rings is 1. The number of carbonyl (C=O) groups excluding carboxylic acids is 3. The molecule has 166 valence electrons. The van der Waals surface area contributed by atoms with Crippen molar-refractivity contribution < 1.29 is 28.6 Å². The van der Waals surface area contributed by atoms with Crippen LogP contribution in [0, 0.1) is 0 Å². The summed E-state index contributed by atoms with van der Waals surface area (Å²) < 4.78 is 12.6. The largest absolute Gasteiger partial charge is 0.461 e. The molecule has 2 rings (SSSR count). The lowest BCUT2D eigenvalue weighted by Crippen LogP contribution is -2.48. The van der Waals surface area contributed by atoms with Crippen molar-refractivity contribution in [1.29, 1.82) is 0 Å². The standard InChI is InChI=1S/C22H28N4O5/c1-14(2)31-22(29)18(10-9-16(27)12-24-23)25-21(28)20(30-4)11-15-13-26(3)19-8-6-5-7-17(15)19/h5-8,12-14,18,20H,9-11H2,1-4H3,(H,25,28)/t18-,20+/m0/s1. The third kappa shape index (κ3) is 6.60. The molecule has 0 aliphatic rings. The fourth-order valence-corrected chi connectivity index (χ4v) is 3.31. The Hall–Kier alpha value is -3.29. The quantitative estimate of drug-likeness (QED) is 0.253. The van der Waals surface area contributed by atoms with Crippen LogP contribution in [-0.4, -0.2) is 58.6 Å². The molecule has 0 unspecified atom stereocenters. The van der Waals surface area contributed by atoms with E-state index in [1.807, 2.05) is 42.1 Å². The molecule has 1 heterocycles. The summed E-state index contributed by atoms with van der Waals surface area (Å²) >= 11 is 0. The smallest absolute Gasteiger partial charge is 0.328 e. The van der Waals surface area contributed by atoms with Crippen molar-refractivity contribution in [1.82, 2.24) is 9.88 Å². The molecule has 0 saturated carbocycles. The average Bonchev–Trinajstić information content (AvgIpc) is 3.04. The normalized spacial score (nSPS) is 12.8. The van der Waals surface area contributed by atoms with Gasteiger partial charge < -0.3 is 24.9 Å². The molecule has 0 radical (unpaired) electrons. The van der Waals surface area contributed by atoms with Crippen molar-refractivity contribution >= 4 is 34.8 Å². The number of nitrogens with zero attached hydrogens (tertiary/aromatic N) is 3. The number of esters is 1. The first kappa shape index (κ1) is 24.0. The van der Waals surface area contributed by atoms with E-state index in [2.05, 4.69) is 10.1 Å². The number of hydrogen-bond donors (Lipinski definition) is 1. The lowest BCUT2D eigenvalue weighted by atomic mass is 10.0. The van der Waals surface area contributed by atoms with Crippen LogP contribution in [0.25, 0.3) is 16.4 Å². The minimum absolute atomic E-state index is 0.00679. The number of Topliss-reactive ketones (excluding diaryl/α,β-unsaturated/α-hetero) is 1. The number of nitrogens with one attached hydrogen (secondary N) is 1. The highest BCUT2D eigenvalue weighted by Crippen LogP contribution is 2.22. The maximum Gasteiger partial charge on any atom is 0.328 e. The van der Waals surface area contributed by atoms with Gasteiger partial charge in [0.15, 0.2) is 0 Å². The van der Waals surface area contributed by atoms with Crippen molar-refractivity contribution in [3.05, 3.63) is 41.6 Å². The van der Waals surface area contributed by atoms with Crippen LogP contribution in [0.3, 0.4) is 0 Å². The van der Waals surface area contributed by atoms with E-state index >= 15 is 0 Å². The summed E-state index contributed by atoms with van der Waals surface area (Å²) in [4.78, 5) is 39.6. The molecule has 0 spiro atoms.